The molecule has 3 aromatic carbocycles. The zero-order chi connectivity index (χ0) is 28.9. The number of fused-ring (bicyclic) bond motifs is 2. The lowest BCUT2D eigenvalue weighted by Crippen LogP contribution is -2.53. The van der Waals surface area contributed by atoms with E-state index in [1.54, 1.807) is 66.5 Å². The van der Waals surface area contributed by atoms with Gasteiger partial charge in [0.2, 0.25) is 5.91 Å². The smallest absolute Gasteiger partial charge is 0.257 e. The van der Waals surface area contributed by atoms with Crippen LogP contribution < -0.4 is 20.1 Å². The third-order valence-corrected chi connectivity index (χ3v) is 7.42. The average molecular weight is 562 g/mol. The molecule has 0 aromatic heterocycles. The van der Waals surface area contributed by atoms with Gasteiger partial charge in [0.15, 0.2) is 0 Å². The van der Waals surface area contributed by atoms with Crippen molar-refractivity contribution in [1.82, 2.24) is 10.2 Å². The van der Waals surface area contributed by atoms with Crippen molar-refractivity contribution >= 4 is 23.4 Å². The molecule has 0 spiro atoms. The number of carbonyl (C=O) groups excluding carboxylic acids is 3. The van der Waals surface area contributed by atoms with Crippen LogP contribution in [-0.4, -0.2) is 61.6 Å². The second-order valence-corrected chi connectivity index (χ2v) is 10.2. The maximum atomic E-state index is 13.5. The number of likely N-dealkylation sites (N-methyl/N-ethyl adjacent to an activating group) is 1. The normalized spacial score (nSPS) is 20.0. The first kappa shape index (κ1) is 28.1. The summed E-state index contributed by atoms with van der Waals surface area (Å²) in [4.78, 5) is 40.5. The van der Waals surface area contributed by atoms with E-state index >= 15 is 0 Å². The van der Waals surface area contributed by atoms with E-state index in [9.17, 15) is 18.8 Å². The molecule has 2 N–H and O–H groups in total. The maximum absolute atomic E-state index is 13.5. The number of rotatable bonds is 7. The monoisotopic (exact) mass is 561 g/mol. The quantitative estimate of drug-likeness (QED) is 0.449. The summed E-state index contributed by atoms with van der Waals surface area (Å²) in [5.74, 6) is -0.103. The number of carbonyl (C=O) groups is 3. The lowest BCUT2D eigenvalue weighted by molar-refractivity contribution is -0.134. The fourth-order valence-electron chi connectivity index (χ4n) is 5.15. The second kappa shape index (κ2) is 12.4. The second-order valence-electron chi connectivity index (χ2n) is 10.2. The number of nitrogens with one attached hydrogen (secondary N) is 2. The van der Waals surface area contributed by atoms with Crippen LogP contribution >= 0.6 is 0 Å². The van der Waals surface area contributed by atoms with Gasteiger partial charge in [0.25, 0.3) is 11.8 Å². The van der Waals surface area contributed by atoms with E-state index < -0.39 is 6.10 Å². The highest BCUT2D eigenvalue weighted by Crippen LogP contribution is 2.32. The number of methoxy groups -OCH3 is 1. The Kier molecular flexibility index (Phi) is 8.49. The number of hydrogen-bond donors (Lipinski definition) is 2. The molecule has 5 rings (SSSR count). The van der Waals surface area contributed by atoms with Crippen molar-refractivity contribution in [1.29, 1.82) is 0 Å². The first-order chi connectivity index (χ1) is 19.8. The van der Waals surface area contributed by atoms with Gasteiger partial charge in [0.1, 0.15) is 30.0 Å². The molecule has 2 aliphatic heterocycles. The molecule has 3 atom stereocenters. The van der Waals surface area contributed by atoms with Crippen molar-refractivity contribution in [3.63, 3.8) is 0 Å². The van der Waals surface area contributed by atoms with E-state index in [1.165, 1.54) is 19.2 Å². The summed E-state index contributed by atoms with van der Waals surface area (Å²) in [6.45, 7) is 0.509. The fraction of sp³-hybridized carbons (Fsp3) is 0.323. The molecule has 1 saturated heterocycles. The van der Waals surface area contributed by atoms with E-state index in [-0.39, 0.29) is 48.7 Å². The van der Waals surface area contributed by atoms with E-state index in [0.29, 0.717) is 47.7 Å². The summed E-state index contributed by atoms with van der Waals surface area (Å²) in [5.41, 5.74) is 2.04. The Morgan fingerprint density at radius 2 is 1.88 bits per heavy atom. The van der Waals surface area contributed by atoms with Gasteiger partial charge >= 0.3 is 0 Å². The Labute approximate surface area is 237 Å². The highest BCUT2D eigenvalue weighted by molar-refractivity contribution is 6.05. The Morgan fingerprint density at radius 3 is 2.66 bits per heavy atom. The van der Waals surface area contributed by atoms with Crippen molar-refractivity contribution < 1.29 is 33.0 Å². The van der Waals surface area contributed by atoms with Gasteiger partial charge in [-0.3, -0.25) is 14.4 Å². The highest BCUT2D eigenvalue weighted by Gasteiger charge is 2.39. The summed E-state index contributed by atoms with van der Waals surface area (Å²) in [6.07, 6.45) is 0.701. The van der Waals surface area contributed by atoms with E-state index in [2.05, 4.69) is 10.6 Å². The molecular formula is C31H32FN3O6. The Balaban J connectivity index is 1.21. The van der Waals surface area contributed by atoms with Crippen LogP contribution in [-0.2, 0) is 16.1 Å². The summed E-state index contributed by atoms with van der Waals surface area (Å²) in [5, 5.41) is 5.68. The standard InChI is InChI=1S/C31H32FN3O6/c1-35-26-12-11-24(16-29(36)33-17-19-6-8-21(32)9-7-19)41-28(26)18-40-27-13-10-22(15-25(27)31(35)38)34-30(37)20-4-3-5-23(14-20)39-2/h3-10,13-15,24,26,28H,11-12,16-18H2,1-2H3,(H,33,36)(H,34,37)/t24-,26-,28+/m0/s1. The van der Waals surface area contributed by atoms with Gasteiger partial charge in [-0.15, -0.1) is 0 Å². The third-order valence-electron chi connectivity index (χ3n) is 7.42. The third kappa shape index (κ3) is 6.66. The number of anilines is 1. The molecule has 41 heavy (non-hydrogen) atoms. The predicted octanol–water partition coefficient (Wildman–Crippen LogP) is 4.17. The number of ether oxygens (including phenoxy) is 3. The maximum Gasteiger partial charge on any atom is 0.257 e. The van der Waals surface area contributed by atoms with Crippen molar-refractivity contribution in [2.24, 2.45) is 0 Å². The largest absolute Gasteiger partial charge is 0.497 e. The van der Waals surface area contributed by atoms with E-state index in [4.69, 9.17) is 14.2 Å². The van der Waals surface area contributed by atoms with Crippen LogP contribution in [0, 0.1) is 5.82 Å². The summed E-state index contributed by atoms with van der Waals surface area (Å²) < 4.78 is 30.6. The van der Waals surface area contributed by atoms with Gasteiger partial charge in [0.05, 0.1) is 31.2 Å². The van der Waals surface area contributed by atoms with Crippen molar-refractivity contribution in [2.45, 2.75) is 44.1 Å². The Bertz CT molecular complexity index is 1430. The number of benzene rings is 3. The molecule has 2 aliphatic rings. The highest BCUT2D eigenvalue weighted by atomic mass is 19.1. The van der Waals surface area contributed by atoms with Crippen molar-refractivity contribution in [2.75, 3.05) is 26.1 Å². The minimum atomic E-state index is -0.409. The number of nitrogens with zero attached hydrogens (tertiary/aromatic N) is 1. The lowest BCUT2D eigenvalue weighted by atomic mass is 9.94. The Hall–Kier alpha value is -4.44. The number of hydrogen-bond acceptors (Lipinski definition) is 6. The van der Waals surface area contributed by atoms with Gasteiger partial charge in [-0.25, -0.2) is 4.39 Å². The molecule has 214 valence electrons. The van der Waals surface area contributed by atoms with E-state index in [1.807, 2.05) is 0 Å². The molecule has 3 amide bonds. The molecule has 0 radical (unpaired) electrons. The summed E-state index contributed by atoms with van der Waals surface area (Å²) in [6, 6.07) is 17.5. The molecule has 3 aromatic rings. The van der Waals surface area contributed by atoms with Crippen LogP contribution in [0.25, 0.3) is 0 Å². The van der Waals surface area contributed by atoms with Crippen molar-refractivity contribution in [3.8, 4) is 11.5 Å². The first-order valence-electron chi connectivity index (χ1n) is 13.5. The molecule has 0 bridgehead atoms. The predicted molar refractivity (Wildman–Crippen MR) is 150 cm³/mol. The SMILES string of the molecule is COc1cccc(C(=O)Nc2ccc3c(c2)C(=O)N(C)[C@H]2CC[C@@H](CC(=O)NCc4ccc(F)cc4)O[C@@H]2CO3)c1. The van der Waals surface area contributed by atoms with Crippen LogP contribution in [0.2, 0.25) is 0 Å². The van der Waals surface area contributed by atoms with Crippen LogP contribution in [0.5, 0.6) is 11.5 Å². The van der Waals surface area contributed by atoms with Gasteiger partial charge in [-0.2, -0.15) is 0 Å². The minimum absolute atomic E-state index is 0.164. The number of halogens is 1. The lowest BCUT2D eigenvalue weighted by Gasteiger charge is -2.42. The minimum Gasteiger partial charge on any atom is -0.497 e. The van der Waals surface area contributed by atoms with Gasteiger partial charge < -0.3 is 29.7 Å². The molecule has 10 heteroatoms. The summed E-state index contributed by atoms with van der Waals surface area (Å²) in [7, 11) is 3.26. The molecule has 0 unspecified atom stereocenters. The van der Waals surface area contributed by atoms with Crippen LogP contribution in [0.3, 0.4) is 0 Å². The number of amides is 3. The Morgan fingerprint density at radius 1 is 1.07 bits per heavy atom. The zero-order valence-corrected chi connectivity index (χ0v) is 22.9. The van der Waals surface area contributed by atoms with Crippen LogP contribution in [0.15, 0.2) is 66.7 Å². The van der Waals surface area contributed by atoms with Gasteiger partial charge in [-0.05, 0) is 66.9 Å². The average Bonchev–Trinajstić information content (AvgIpc) is 2.99. The van der Waals surface area contributed by atoms with Crippen LogP contribution in [0.4, 0.5) is 10.1 Å². The van der Waals surface area contributed by atoms with Gasteiger partial charge in [-0.1, -0.05) is 18.2 Å². The first-order valence-corrected chi connectivity index (χ1v) is 13.5. The van der Waals surface area contributed by atoms with Gasteiger partial charge in [0, 0.05) is 24.8 Å². The molecule has 0 saturated carbocycles. The molecule has 2 heterocycles. The summed E-state index contributed by atoms with van der Waals surface area (Å²) >= 11 is 0. The molecule has 9 nitrogen and oxygen atoms in total. The van der Waals surface area contributed by atoms with Crippen molar-refractivity contribution in [3.05, 3.63) is 89.2 Å². The van der Waals surface area contributed by atoms with Crippen LogP contribution in [0.1, 0.15) is 45.5 Å². The molecule has 1 fully saturated rings. The zero-order valence-electron chi connectivity index (χ0n) is 22.9. The topological polar surface area (TPSA) is 106 Å². The van der Waals surface area contributed by atoms with E-state index in [0.717, 1.165) is 5.56 Å². The molecule has 0 aliphatic carbocycles. The molecular weight excluding hydrogens is 529 g/mol. The fourth-order valence-corrected chi connectivity index (χ4v) is 5.15.